The van der Waals surface area contributed by atoms with Gasteiger partial charge in [-0.15, -0.1) is 0 Å². The first kappa shape index (κ1) is 18.2. The van der Waals surface area contributed by atoms with Crippen molar-refractivity contribution in [2.45, 2.75) is 46.7 Å². The molecule has 0 bridgehead atoms. The molecule has 0 aromatic heterocycles. The molecular weight excluding hydrogens is 296 g/mol. The van der Waals surface area contributed by atoms with Gasteiger partial charge in [0.15, 0.2) is 0 Å². The van der Waals surface area contributed by atoms with E-state index in [0.29, 0.717) is 5.92 Å². The van der Waals surface area contributed by atoms with Crippen LogP contribution < -0.4 is 10.6 Å². The molecule has 2 atom stereocenters. The van der Waals surface area contributed by atoms with Crippen LogP contribution in [0.4, 0.5) is 5.69 Å². The summed E-state index contributed by atoms with van der Waals surface area (Å²) in [6.45, 7) is 10.3. The van der Waals surface area contributed by atoms with E-state index in [0.717, 1.165) is 16.8 Å². The van der Waals surface area contributed by atoms with Gasteiger partial charge < -0.3 is 5.32 Å². The van der Waals surface area contributed by atoms with Crippen molar-refractivity contribution < 1.29 is 4.79 Å². The molecule has 0 saturated heterocycles. The first-order valence-corrected chi connectivity index (χ1v) is 8.58. The molecule has 0 aliphatic rings. The van der Waals surface area contributed by atoms with E-state index in [1.807, 2.05) is 57.2 Å². The van der Waals surface area contributed by atoms with Gasteiger partial charge in [0.2, 0.25) is 5.91 Å². The number of rotatable bonds is 6. The smallest absolute Gasteiger partial charge is 0.241 e. The van der Waals surface area contributed by atoms with E-state index < -0.39 is 0 Å². The van der Waals surface area contributed by atoms with Crippen molar-refractivity contribution in [3.05, 3.63) is 65.2 Å². The molecular formula is C21H28N2O. The number of anilines is 1. The number of amides is 1. The minimum absolute atomic E-state index is 0.00557. The minimum atomic E-state index is -0.281. The lowest BCUT2D eigenvalue weighted by molar-refractivity contribution is -0.118. The molecule has 0 spiro atoms. The van der Waals surface area contributed by atoms with Crippen LogP contribution in [-0.4, -0.2) is 11.9 Å². The van der Waals surface area contributed by atoms with Crippen LogP contribution in [0.3, 0.4) is 0 Å². The topological polar surface area (TPSA) is 41.1 Å². The Morgan fingerprint density at radius 2 is 1.46 bits per heavy atom. The van der Waals surface area contributed by atoms with Crippen molar-refractivity contribution in [2.75, 3.05) is 5.32 Å². The van der Waals surface area contributed by atoms with E-state index >= 15 is 0 Å². The van der Waals surface area contributed by atoms with Crippen molar-refractivity contribution in [2.24, 2.45) is 5.92 Å². The number of hydrogen-bond acceptors (Lipinski definition) is 2. The van der Waals surface area contributed by atoms with Crippen LogP contribution >= 0.6 is 0 Å². The quantitative estimate of drug-likeness (QED) is 0.814. The summed E-state index contributed by atoms with van der Waals surface area (Å²) < 4.78 is 0. The van der Waals surface area contributed by atoms with Crippen molar-refractivity contribution >= 4 is 11.6 Å². The summed E-state index contributed by atoms with van der Waals surface area (Å²) >= 11 is 0. The van der Waals surface area contributed by atoms with E-state index in [-0.39, 0.29) is 18.0 Å². The van der Waals surface area contributed by atoms with Crippen molar-refractivity contribution in [1.29, 1.82) is 0 Å². The van der Waals surface area contributed by atoms with Gasteiger partial charge in [-0.25, -0.2) is 0 Å². The number of para-hydroxylation sites is 1. The van der Waals surface area contributed by atoms with E-state index in [2.05, 4.69) is 36.6 Å². The van der Waals surface area contributed by atoms with E-state index in [9.17, 15) is 4.79 Å². The van der Waals surface area contributed by atoms with Gasteiger partial charge in [-0.1, -0.05) is 62.4 Å². The fourth-order valence-corrected chi connectivity index (χ4v) is 2.92. The summed E-state index contributed by atoms with van der Waals surface area (Å²) in [7, 11) is 0. The Balaban J connectivity index is 2.10. The van der Waals surface area contributed by atoms with Crippen LogP contribution in [0.1, 0.15) is 43.5 Å². The Bertz CT molecular complexity index is 659. The maximum Gasteiger partial charge on any atom is 0.241 e. The van der Waals surface area contributed by atoms with Gasteiger partial charge in [-0.05, 0) is 43.4 Å². The zero-order valence-electron chi connectivity index (χ0n) is 15.3. The molecule has 1 amide bonds. The van der Waals surface area contributed by atoms with Gasteiger partial charge in [-0.3, -0.25) is 10.1 Å². The lowest BCUT2D eigenvalue weighted by Crippen LogP contribution is -2.42. The van der Waals surface area contributed by atoms with Gasteiger partial charge in [-0.2, -0.15) is 0 Å². The summed E-state index contributed by atoms with van der Waals surface area (Å²) in [5, 5.41) is 6.55. The second kappa shape index (κ2) is 8.11. The summed E-state index contributed by atoms with van der Waals surface area (Å²) in [4.78, 5) is 12.6. The molecule has 0 unspecified atom stereocenters. The van der Waals surface area contributed by atoms with Crippen LogP contribution in [-0.2, 0) is 4.79 Å². The number of carbonyl (C=O) groups is 1. The zero-order chi connectivity index (χ0) is 17.7. The fourth-order valence-electron chi connectivity index (χ4n) is 2.92. The van der Waals surface area contributed by atoms with Crippen molar-refractivity contribution in [1.82, 2.24) is 5.32 Å². The molecule has 3 nitrogen and oxygen atoms in total. The van der Waals surface area contributed by atoms with Crippen molar-refractivity contribution in [3.63, 3.8) is 0 Å². The number of benzene rings is 2. The van der Waals surface area contributed by atoms with Crippen LogP contribution in [0.25, 0.3) is 0 Å². The SMILES string of the molecule is Cc1cccc(C)c1NC(=O)[C@H](C)N[C@@H](c1ccccc1)C(C)C. The monoisotopic (exact) mass is 324 g/mol. The third-order valence-corrected chi connectivity index (χ3v) is 4.38. The summed E-state index contributed by atoms with van der Waals surface area (Å²) in [6, 6.07) is 16.2. The highest BCUT2D eigenvalue weighted by molar-refractivity contribution is 5.95. The highest BCUT2D eigenvalue weighted by Crippen LogP contribution is 2.23. The zero-order valence-corrected chi connectivity index (χ0v) is 15.3. The third-order valence-electron chi connectivity index (χ3n) is 4.38. The second-order valence-corrected chi connectivity index (χ2v) is 6.78. The first-order valence-electron chi connectivity index (χ1n) is 8.58. The minimum Gasteiger partial charge on any atom is -0.324 e. The maximum atomic E-state index is 12.6. The molecule has 3 heteroatoms. The molecule has 24 heavy (non-hydrogen) atoms. The molecule has 0 aliphatic heterocycles. The fraction of sp³-hybridized carbons (Fsp3) is 0.381. The van der Waals surface area contributed by atoms with Gasteiger partial charge in [0.25, 0.3) is 0 Å². The van der Waals surface area contributed by atoms with Gasteiger partial charge in [0.1, 0.15) is 0 Å². The van der Waals surface area contributed by atoms with Gasteiger partial charge in [0, 0.05) is 11.7 Å². The van der Waals surface area contributed by atoms with Gasteiger partial charge in [0.05, 0.1) is 6.04 Å². The summed E-state index contributed by atoms with van der Waals surface area (Å²) in [5.74, 6) is 0.386. The molecule has 0 aliphatic carbocycles. The Hall–Kier alpha value is -2.13. The second-order valence-electron chi connectivity index (χ2n) is 6.78. The molecule has 0 saturated carbocycles. The number of aryl methyl sites for hydroxylation is 2. The number of nitrogens with one attached hydrogen (secondary N) is 2. The molecule has 128 valence electrons. The predicted molar refractivity (Wildman–Crippen MR) is 101 cm³/mol. The van der Waals surface area contributed by atoms with Crippen LogP contribution in [0.2, 0.25) is 0 Å². The highest BCUT2D eigenvalue weighted by atomic mass is 16.2. The lowest BCUT2D eigenvalue weighted by Gasteiger charge is -2.27. The van der Waals surface area contributed by atoms with E-state index in [1.54, 1.807) is 0 Å². The largest absolute Gasteiger partial charge is 0.324 e. The molecule has 0 fully saturated rings. The summed E-state index contributed by atoms with van der Waals surface area (Å²) in [5.41, 5.74) is 4.29. The van der Waals surface area contributed by atoms with Crippen LogP contribution in [0.5, 0.6) is 0 Å². The van der Waals surface area contributed by atoms with Crippen LogP contribution in [0.15, 0.2) is 48.5 Å². The third kappa shape index (κ3) is 4.45. The summed E-state index contributed by atoms with van der Waals surface area (Å²) in [6.07, 6.45) is 0. The van der Waals surface area contributed by atoms with Gasteiger partial charge >= 0.3 is 0 Å². The molecule has 2 aromatic carbocycles. The molecule has 0 heterocycles. The Kier molecular flexibility index (Phi) is 6.16. The Labute approximate surface area is 145 Å². The first-order chi connectivity index (χ1) is 11.4. The average Bonchev–Trinajstić information content (AvgIpc) is 2.56. The molecule has 2 rings (SSSR count). The normalized spacial score (nSPS) is 13.6. The predicted octanol–water partition coefficient (Wildman–Crippen LogP) is 4.62. The van der Waals surface area contributed by atoms with E-state index in [1.165, 1.54) is 5.56 Å². The highest BCUT2D eigenvalue weighted by Gasteiger charge is 2.22. The standard InChI is InChI=1S/C21H28N2O/c1-14(2)19(18-12-7-6-8-13-18)22-17(5)21(24)23-20-15(3)10-9-11-16(20)4/h6-14,17,19,22H,1-5H3,(H,23,24)/t17-,19+/m0/s1. The average molecular weight is 324 g/mol. The Morgan fingerprint density at radius 3 is 2.00 bits per heavy atom. The van der Waals surface area contributed by atoms with Crippen LogP contribution in [0, 0.1) is 19.8 Å². The number of hydrogen-bond donors (Lipinski definition) is 2. The lowest BCUT2D eigenvalue weighted by atomic mass is 9.95. The van der Waals surface area contributed by atoms with E-state index in [4.69, 9.17) is 0 Å². The molecule has 0 radical (unpaired) electrons. The molecule has 2 aromatic rings. The number of carbonyl (C=O) groups excluding carboxylic acids is 1. The molecule has 2 N–H and O–H groups in total. The van der Waals surface area contributed by atoms with Crippen molar-refractivity contribution in [3.8, 4) is 0 Å². The Morgan fingerprint density at radius 1 is 0.875 bits per heavy atom. The maximum absolute atomic E-state index is 12.6.